The molecule has 36 heavy (non-hydrogen) atoms. The van der Waals surface area contributed by atoms with Gasteiger partial charge >= 0.3 is 0 Å². The third-order valence-corrected chi connectivity index (χ3v) is 7.45. The average Bonchev–Trinajstić information content (AvgIpc) is 3.59. The molecule has 1 aromatic carbocycles. The maximum absolute atomic E-state index is 13.3. The molecule has 10 nitrogen and oxygen atoms in total. The molecule has 3 fully saturated rings. The molecule has 2 aromatic heterocycles. The minimum Gasteiger partial charge on any atom is -0.368 e. The largest absolute Gasteiger partial charge is 0.368 e. The number of halogens is 2. The molecule has 2 aliphatic carbocycles. The van der Waals surface area contributed by atoms with Crippen LogP contribution in [0.2, 0.25) is 5.02 Å². The Kier molecular flexibility index (Phi) is 5.75. The van der Waals surface area contributed by atoms with Crippen molar-refractivity contribution in [3.05, 3.63) is 34.6 Å². The zero-order valence-electron chi connectivity index (χ0n) is 19.5. The summed E-state index contributed by atoms with van der Waals surface area (Å²) < 4.78 is 14.7. The fraction of sp³-hybridized carbons (Fsp3) is 0.458. The second-order valence-corrected chi connectivity index (χ2v) is 9.91. The molecule has 3 aliphatic rings. The van der Waals surface area contributed by atoms with Crippen LogP contribution in [0.5, 0.6) is 0 Å². The van der Waals surface area contributed by atoms with E-state index in [4.69, 9.17) is 11.6 Å². The second-order valence-electron chi connectivity index (χ2n) is 9.53. The Hall–Kier alpha value is -3.67. The van der Waals surface area contributed by atoms with Crippen molar-refractivity contribution in [3.8, 4) is 12.1 Å². The van der Waals surface area contributed by atoms with Gasteiger partial charge in [0.25, 0.3) is 0 Å². The molecule has 3 aromatic rings. The summed E-state index contributed by atoms with van der Waals surface area (Å²) in [6.45, 7) is 3.11. The van der Waals surface area contributed by atoms with Gasteiger partial charge in [0.1, 0.15) is 12.2 Å². The van der Waals surface area contributed by atoms with E-state index in [-0.39, 0.29) is 11.6 Å². The molecule has 0 bridgehead atoms. The Morgan fingerprint density at radius 3 is 2.53 bits per heavy atom. The first-order chi connectivity index (χ1) is 17.5. The van der Waals surface area contributed by atoms with E-state index in [0.29, 0.717) is 52.7 Å². The monoisotopic (exact) mass is 506 g/mol. The standard InChI is InChI=1S/C24H24ClFN10/c25-21-19(31-24-32-22(30-16-1-2-16)23-29-13-18(12-28)36(23)33-24)7-14(11-27)8-20(21)35-5-3-34(4-6-35)17-9-15(26)10-17/h7-8,13,15-17H,1-6,9-10H2,(H2,30,31,32,33)/t15-,17-. The Bertz CT molecular complexity index is 1390. The first kappa shape index (κ1) is 22.8. The van der Waals surface area contributed by atoms with Crippen LogP contribution >= 0.6 is 11.6 Å². The summed E-state index contributed by atoms with van der Waals surface area (Å²) in [5.41, 5.74) is 2.48. The molecule has 0 unspecified atom stereocenters. The van der Waals surface area contributed by atoms with Gasteiger partial charge in [-0.2, -0.15) is 20.0 Å². The number of piperazine rings is 1. The Morgan fingerprint density at radius 1 is 1.08 bits per heavy atom. The minimum absolute atomic E-state index is 0.235. The first-order valence-electron chi connectivity index (χ1n) is 12.1. The zero-order chi connectivity index (χ0) is 24.8. The van der Waals surface area contributed by atoms with Crippen LogP contribution in [-0.2, 0) is 0 Å². The zero-order valence-corrected chi connectivity index (χ0v) is 20.2. The highest BCUT2D eigenvalue weighted by molar-refractivity contribution is 6.36. The van der Waals surface area contributed by atoms with Crippen LogP contribution in [0.3, 0.4) is 0 Å². The number of hydrogen-bond acceptors (Lipinski definition) is 9. The highest BCUT2D eigenvalue weighted by Crippen LogP contribution is 2.37. The normalized spacial score (nSPS) is 22.1. The van der Waals surface area contributed by atoms with E-state index in [1.165, 1.54) is 10.7 Å². The number of nitrogens with one attached hydrogen (secondary N) is 2. The lowest BCUT2D eigenvalue weighted by atomic mass is 9.89. The van der Waals surface area contributed by atoms with E-state index in [0.717, 1.165) is 44.7 Å². The summed E-state index contributed by atoms with van der Waals surface area (Å²) >= 11 is 6.85. The maximum Gasteiger partial charge on any atom is 0.247 e. The third-order valence-electron chi connectivity index (χ3n) is 7.05. The van der Waals surface area contributed by atoms with Crippen molar-refractivity contribution in [2.45, 2.75) is 43.9 Å². The Labute approximate surface area is 212 Å². The summed E-state index contributed by atoms with van der Waals surface area (Å²) in [6.07, 6.45) is 4.12. The molecule has 12 heteroatoms. The van der Waals surface area contributed by atoms with Crippen LogP contribution < -0.4 is 15.5 Å². The van der Waals surface area contributed by atoms with Gasteiger partial charge in [-0.1, -0.05) is 11.6 Å². The minimum atomic E-state index is -0.670. The van der Waals surface area contributed by atoms with Crippen molar-refractivity contribution >= 4 is 40.4 Å². The van der Waals surface area contributed by atoms with Crippen LogP contribution in [-0.4, -0.2) is 68.9 Å². The summed E-state index contributed by atoms with van der Waals surface area (Å²) in [4.78, 5) is 13.4. The molecule has 2 N–H and O–H groups in total. The van der Waals surface area contributed by atoms with Gasteiger partial charge in [0.05, 0.1) is 34.2 Å². The number of nitriles is 2. The van der Waals surface area contributed by atoms with Crippen molar-refractivity contribution < 1.29 is 4.39 Å². The smallest absolute Gasteiger partial charge is 0.247 e. The van der Waals surface area contributed by atoms with Gasteiger partial charge in [-0.15, -0.1) is 5.10 Å². The summed E-state index contributed by atoms with van der Waals surface area (Å²) in [5, 5.41) is 30.6. The lowest BCUT2D eigenvalue weighted by molar-refractivity contribution is 0.0504. The van der Waals surface area contributed by atoms with Crippen molar-refractivity contribution in [1.29, 1.82) is 10.5 Å². The fourth-order valence-electron chi connectivity index (χ4n) is 4.79. The predicted octanol–water partition coefficient (Wildman–Crippen LogP) is 3.46. The molecule has 1 saturated heterocycles. The molecule has 1 aliphatic heterocycles. The van der Waals surface area contributed by atoms with Crippen molar-refractivity contribution in [3.63, 3.8) is 0 Å². The molecular formula is C24H24ClFN10. The van der Waals surface area contributed by atoms with Crippen molar-refractivity contribution in [1.82, 2.24) is 24.5 Å². The van der Waals surface area contributed by atoms with E-state index < -0.39 is 6.17 Å². The number of fused-ring (bicyclic) bond motifs is 1. The summed E-state index contributed by atoms with van der Waals surface area (Å²) in [6, 6.07) is 8.41. The van der Waals surface area contributed by atoms with E-state index in [2.05, 4.69) is 47.6 Å². The molecule has 184 valence electrons. The molecular weight excluding hydrogens is 483 g/mol. The van der Waals surface area contributed by atoms with Gasteiger partial charge in [-0.25, -0.2) is 9.37 Å². The van der Waals surface area contributed by atoms with Crippen LogP contribution in [0.25, 0.3) is 5.65 Å². The van der Waals surface area contributed by atoms with Gasteiger partial charge < -0.3 is 15.5 Å². The first-order valence-corrected chi connectivity index (χ1v) is 12.5. The topological polar surface area (TPSA) is 121 Å². The number of alkyl halides is 1. The molecule has 6 rings (SSSR count). The number of nitrogens with zero attached hydrogens (tertiary/aromatic N) is 8. The highest BCUT2D eigenvalue weighted by atomic mass is 35.5. The van der Waals surface area contributed by atoms with Gasteiger partial charge in [-0.05, 0) is 37.8 Å². The summed E-state index contributed by atoms with van der Waals surface area (Å²) in [7, 11) is 0. The average molecular weight is 507 g/mol. The SMILES string of the molecule is N#Cc1cc(Nc2nc(NC3CC3)c3ncc(C#N)n3n2)c(Cl)c(N2CCN([C@H]3C[C@H](F)C3)CC2)c1. The van der Waals surface area contributed by atoms with E-state index in [9.17, 15) is 14.9 Å². The van der Waals surface area contributed by atoms with Gasteiger partial charge in [0, 0.05) is 38.3 Å². The summed E-state index contributed by atoms with van der Waals surface area (Å²) in [5.74, 6) is 0.769. The number of benzene rings is 1. The van der Waals surface area contributed by atoms with Crippen LogP contribution in [0, 0.1) is 22.7 Å². The van der Waals surface area contributed by atoms with Gasteiger partial charge in [0.2, 0.25) is 5.95 Å². The number of imidazole rings is 1. The van der Waals surface area contributed by atoms with E-state index in [1.807, 2.05) is 0 Å². The predicted molar refractivity (Wildman–Crippen MR) is 133 cm³/mol. The number of rotatable bonds is 6. The fourth-order valence-corrected chi connectivity index (χ4v) is 5.07. The van der Waals surface area contributed by atoms with Gasteiger partial charge in [-0.3, -0.25) is 4.90 Å². The number of aromatic nitrogens is 4. The lowest BCUT2D eigenvalue weighted by Crippen LogP contribution is -2.54. The lowest BCUT2D eigenvalue weighted by Gasteiger charge is -2.45. The number of anilines is 4. The maximum atomic E-state index is 13.3. The molecule has 0 amide bonds. The quantitative estimate of drug-likeness (QED) is 0.517. The highest BCUT2D eigenvalue weighted by Gasteiger charge is 2.35. The molecule has 0 spiro atoms. The molecule has 2 saturated carbocycles. The Morgan fingerprint density at radius 2 is 1.86 bits per heavy atom. The van der Waals surface area contributed by atoms with Crippen molar-refractivity contribution in [2.75, 3.05) is 41.7 Å². The molecule has 0 atom stereocenters. The van der Waals surface area contributed by atoms with E-state index in [1.54, 1.807) is 12.1 Å². The van der Waals surface area contributed by atoms with Crippen molar-refractivity contribution in [2.24, 2.45) is 0 Å². The van der Waals surface area contributed by atoms with E-state index >= 15 is 0 Å². The molecule has 0 radical (unpaired) electrons. The molecule has 3 heterocycles. The van der Waals surface area contributed by atoms with Crippen LogP contribution in [0.1, 0.15) is 36.9 Å². The third kappa shape index (κ3) is 4.25. The Balaban J connectivity index is 1.29. The van der Waals surface area contributed by atoms with Crippen LogP contribution in [0.4, 0.5) is 27.5 Å². The van der Waals surface area contributed by atoms with Crippen LogP contribution in [0.15, 0.2) is 18.3 Å². The van der Waals surface area contributed by atoms with Gasteiger partial charge in [0.15, 0.2) is 17.2 Å². The number of hydrogen-bond donors (Lipinski definition) is 2. The second kappa shape index (κ2) is 9.08.